The van der Waals surface area contributed by atoms with Crippen LogP contribution in [0.5, 0.6) is 0 Å². The highest BCUT2D eigenvalue weighted by Crippen LogP contribution is 2.22. The zero-order chi connectivity index (χ0) is 11.5. The first-order valence-electron chi connectivity index (χ1n) is 5.15. The van der Waals surface area contributed by atoms with E-state index < -0.39 is 0 Å². The average Bonchev–Trinajstić information content (AvgIpc) is 2.87. The summed E-state index contributed by atoms with van der Waals surface area (Å²) in [6.45, 7) is 1.97. The highest BCUT2D eigenvalue weighted by atomic mass is 35.5. The molecule has 1 aliphatic rings. The van der Waals surface area contributed by atoms with Gasteiger partial charge in [0.25, 0.3) is 5.91 Å². The lowest BCUT2D eigenvalue weighted by molar-refractivity contribution is -0.126. The second-order valence-electron chi connectivity index (χ2n) is 3.78. The molecule has 0 bridgehead atoms. The lowest BCUT2D eigenvalue weighted by Gasteiger charge is -2.09. The van der Waals surface area contributed by atoms with Gasteiger partial charge in [-0.2, -0.15) is 0 Å². The number of hydrogen-bond acceptors (Lipinski definition) is 4. The molecule has 0 aromatic carbocycles. The number of carbonyl (C=O) groups excluding carboxylic acids is 1. The Hall–Kier alpha value is -0.650. The number of rotatable bonds is 3. The van der Waals surface area contributed by atoms with Crippen LogP contribution < -0.4 is 5.32 Å². The van der Waals surface area contributed by atoms with Crippen molar-refractivity contribution in [3.05, 3.63) is 11.1 Å². The zero-order valence-corrected chi connectivity index (χ0v) is 10.5. The number of carbonyl (C=O) groups is 1. The third-order valence-corrected chi connectivity index (χ3v) is 3.52. The lowest BCUT2D eigenvalue weighted by Crippen LogP contribution is -2.27. The van der Waals surface area contributed by atoms with E-state index in [0.29, 0.717) is 11.0 Å². The van der Waals surface area contributed by atoms with Gasteiger partial charge in [0.05, 0.1) is 17.7 Å². The van der Waals surface area contributed by atoms with Crippen molar-refractivity contribution in [3.63, 3.8) is 0 Å². The molecule has 1 N–H and O–H groups in total. The van der Waals surface area contributed by atoms with Gasteiger partial charge in [-0.1, -0.05) is 0 Å². The monoisotopic (exact) mass is 260 g/mol. The number of hydrogen-bond donors (Lipinski definition) is 1. The molecule has 16 heavy (non-hydrogen) atoms. The maximum absolute atomic E-state index is 11.8. The van der Waals surface area contributed by atoms with Gasteiger partial charge in [-0.25, -0.2) is 4.98 Å². The fraction of sp³-hybridized carbons (Fsp3) is 0.600. The summed E-state index contributed by atoms with van der Waals surface area (Å²) in [6, 6.07) is 0. The van der Waals surface area contributed by atoms with Gasteiger partial charge < -0.3 is 4.74 Å². The van der Waals surface area contributed by atoms with Gasteiger partial charge in [0, 0.05) is 5.38 Å². The van der Waals surface area contributed by atoms with Gasteiger partial charge in [0.15, 0.2) is 5.13 Å². The van der Waals surface area contributed by atoms with Crippen LogP contribution in [-0.4, -0.2) is 23.1 Å². The molecule has 2 unspecified atom stereocenters. The number of alkyl halides is 1. The molecule has 0 spiro atoms. The van der Waals surface area contributed by atoms with Gasteiger partial charge in [0.2, 0.25) is 0 Å². The van der Waals surface area contributed by atoms with E-state index in [2.05, 4.69) is 10.3 Å². The molecule has 2 heterocycles. The van der Waals surface area contributed by atoms with Crippen molar-refractivity contribution in [3.8, 4) is 0 Å². The van der Waals surface area contributed by atoms with Crippen LogP contribution in [0, 0.1) is 0 Å². The minimum atomic E-state index is -0.335. The fourth-order valence-electron chi connectivity index (χ4n) is 1.61. The minimum Gasteiger partial charge on any atom is -0.365 e. The molecule has 88 valence electrons. The Morgan fingerprint density at radius 2 is 2.56 bits per heavy atom. The number of nitrogens with one attached hydrogen (secondary N) is 1. The highest BCUT2D eigenvalue weighted by molar-refractivity contribution is 7.14. The molecule has 2 atom stereocenters. The Morgan fingerprint density at radius 3 is 3.12 bits per heavy atom. The smallest absolute Gasteiger partial charge is 0.255 e. The predicted molar refractivity (Wildman–Crippen MR) is 63.9 cm³/mol. The van der Waals surface area contributed by atoms with Gasteiger partial charge >= 0.3 is 0 Å². The van der Waals surface area contributed by atoms with Crippen LogP contribution in [0.15, 0.2) is 5.38 Å². The summed E-state index contributed by atoms with van der Waals surface area (Å²) in [5, 5.41) is 5.16. The molecule has 6 heteroatoms. The van der Waals surface area contributed by atoms with Gasteiger partial charge in [-0.15, -0.1) is 22.9 Å². The summed E-state index contributed by atoms with van der Waals surface area (Å²) in [4.78, 5) is 15.9. The van der Waals surface area contributed by atoms with Crippen LogP contribution in [0.3, 0.4) is 0 Å². The van der Waals surface area contributed by atoms with E-state index in [1.54, 1.807) is 0 Å². The Balaban J connectivity index is 1.91. The second kappa shape index (κ2) is 5.12. The third-order valence-electron chi connectivity index (χ3n) is 2.44. The number of aromatic nitrogens is 1. The lowest BCUT2D eigenvalue weighted by atomic mass is 10.2. The molecule has 1 aromatic rings. The van der Waals surface area contributed by atoms with E-state index >= 15 is 0 Å². The zero-order valence-electron chi connectivity index (χ0n) is 8.90. The molecule has 1 fully saturated rings. The van der Waals surface area contributed by atoms with Crippen molar-refractivity contribution in [1.29, 1.82) is 0 Å². The topological polar surface area (TPSA) is 51.2 Å². The largest absolute Gasteiger partial charge is 0.365 e. The van der Waals surface area contributed by atoms with Crippen LogP contribution in [0.2, 0.25) is 0 Å². The molecule has 2 rings (SSSR count). The Labute approximate surface area is 103 Å². The van der Waals surface area contributed by atoms with Crippen molar-refractivity contribution in [2.45, 2.75) is 37.9 Å². The summed E-state index contributed by atoms with van der Waals surface area (Å²) in [5.41, 5.74) is 0.780. The van der Waals surface area contributed by atoms with E-state index in [9.17, 15) is 4.79 Å². The summed E-state index contributed by atoms with van der Waals surface area (Å²) in [7, 11) is 0. The van der Waals surface area contributed by atoms with Gasteiger partial charge in [0.1, 0.15) is 6.10 Å². The SMILES string of the molecule is CC1CCC(C(=O)Nc2nc(CCl)cs2)O1. The Bertz CT molecular complexity index is 383. The molecular weight excluding hydrogens is 248 g/mol. The number of halogens is 1. The fourth-order valence-corrected chi connectivity index (χ4v) is 2.55. The molecule has 1 aliphatic heterocycles. The normalized spacial score (nSPS) is 24.6. The van der Waals surface area contributed by atoms with Crippen molar-refractivity contribution < 1.29 is 9.53 Å². The Morgan fingerprint density at radius 1 is 1.75 bits per heavy atom. The first-order chi connectivity index (χ1) is 7.69. The van der Waals surface area contributed by atoms with Crippen molar-refractivity contribution in [2.75, 3.05) is 5.32 Å². The van der Waals surface area contributed by atoms with E-state index in [1.807, 2.05) is 12.3 Å². The predicted octanol–water partition coefficient (Wildman–Crippen LogP) is 2.39. The first-order valence-corrected chi connectivity index (χ1v) is 6.57. The first kappa shape index (κ1) is 11.8. The number of anilines is 1. The minimum absolute atomic E-state index is 0.111. The number of amides is 1. The molecule has 1 saturated heterocycles. The van der Waals surface area contributed by atoms with Crippen molar-refractivity contribution >= 4 is 34.0 Å². The standard InChI is InChI=1S/C10H13ClN2O2S/c1-6-2-3-8(15-6)9(14)13-10-12-7(4-11)5-16-10/h5-6,8H,2-4H2,1H3,(H,12,13,14). The molecule has 4 nitrogen and oxygen atoms in total. The molecule has 1 amide bonds. The third kappa shape index (κ3) is 2.72. The summed E-state index contributed by atoms with van der Waals surface area (Å²) in [6.07, 6.45) is 1.55. The van der Waals surface area contributed by atoms with Crippen molar-refractivity contribution in [1.82, 2.24) is 4.98 Å². The molecule has 0 saturated carbocycles. The highest BCUT2D eigenvalue weighted by Gasteiger charge is 2.28. The summed E-state index contributed by atoms with van der Waals surface area (Å²) >= 11 is 7.01. The quantitative estimate of drug-likeness (QED) is 0.849. The molecule has 0 radical (unpaired) electrons. The average molecular weight is 261 g/mol. The van der Waals surface area contributed by atoms with Crippen LogP contribution in [-0.2, 0) is 15.4 Å². The van der Waals surface area contributed by atoms with Crippen LogP contribution >= 0.6 is 22.9 Å². The van der Waals surface area contributed by atoms with E-state index in [0.717, 1.165) is 18.5 Å². The van der Waals surface area contributed by atoms with Crippen LogP contribution in [0.4, 0.5) is 5.13 Å². The maximum Gasteiger partial charge on any atom is 0.255 e. The molecule has 0 aliphatic carbocycles. The summed E-state index contributed by atoms with van der Waals surface area (Å²) in [5.74, 6) is 0.253. The van der Waals surface area contributed by atoms with Crippen molar-refractivity contribution in [2.24, 2.45) is 0 Å². The summed E-state index contributed by atoms with van der Waals surface area (Å²) < 4.78 is 5.47. The molecular formula is C10H13ClN2O2S. The molecule has 1 aromatic heterocycles. The number of thiazole rings is 1. The van der Waals surface area contributed by atoms with E-state index in [1.165, 1.54) is 11.3 Å². The second-order valence-corrected chi connectivity index (χ2v) is 4.90. The number of nitrogens with zero attached hydrogens (tertiary/aromatic N) is 1. The maximum atomic E-state index is 11.8. The van der Waals surface area contributed by atoms with Crippen LogP contribution in [0.25, 0.3) is 0 Å². The van der Waals surface area contributed by atoms with E-state index in [-0.39, 0.29) is 18.1 Å². The van der Waals surface area contributed by atoms with Gasteiger partial charge in [-0.05, 0) is 19.8 Å². The van der Waals surface area contributed by atoms with E-state index in [4.69, 9.17) is 16.3 Å². The number of ether oxygens (including phenoxy) is 1. The Kier molecular flexibility index (Phi) is 3.78. The van der Waals surface area contributed by atoms with Crippen LogP contribution in [0.1, 0.15) is 25.5 Å². The van der Waals surface area contributed by atoms with Gasteiger partial charge in [-0.3, -0.25) is 10.1 Å².